The molecule has 0 aliphatic heterocycles. The number of rotatable bonds is 7. The number of likely N-dealkylation sites (N-methyl/N-ethyl adjacent to an activating group) is 1. The van der Waals surface area contributed by atoms with Crippen molar-refractivity contribution in [3.63, 3.8) is 0 Å². The molecule has 86 valence electrons. The molecule has 0 amide bonds. The van der Waals surface area contributed by atoms with Crippen molar-refractivity contribution in [1.82, 2.24) is 10.0 Å². The molecule has 5 heteroatoms. The van der Waals surface area contributed by atoms with Gasteiger partial charge in [0.15, 0.2) is 0 Å². The molecule has 0 aromatic rings. The molecule has 0 spiro atoms. The summed E-state index contributed by atoms with van der Waals surface area (Å²) in [6, 6.07) is 0.170. The van der Waals surface area contributed by atoms with Gasteiger partial charge in [-0.05, 0) is 26.3 Å². The quantitative estimate of drug-likeness (QED) is 0.662. The average molecular weight is 222 g/mol. The third-order valence-electron chi connectivity index (χ3n) is 2.07. The Balaban J connectivity index is 3.84. The Morgan fingerprint density at radius 2 is 1.79 bits per heavy atom. The van der Waals surface area contributed by atoms with E-state index in [0.717, 1.165) is 0 Å². The molecule has 0 heterocycles. The van der Waals surface area contributed by atoms with Crippen molar-refractivity contribution in [1.29, 1.82) is 0 Å². The normalized spacial score (nSPS) is 14.6. The molecule has 1 atom stereocenters. The molecule has 2 N–H and O–H groups in total. The van der Waals surface area contributed by atoms with Crippen LogP contribution in [0.15, 0.2) is 0 Å². The van der Waals surface area contributed by atoms with Gasteiger partial charge in [-0.3, -0.25) is 0 Å². The Labute approximate surface area is 87.5 Å². The highest BCUT2D eigenvalue weighted by atomic mass is 32.2. The Hall–Kier alpha value is -0.130. The smallest absolute Gasteiger partial charge is 0.211 e. The molecule has 0 saturated heterocycles. The maximum Gasteiger partial charge on any atom is 0.211 e. The lowest BCUT2D eigenvalue weighted by molar-refractivity contribution is 0.543. The van der Waals surface area contributed by atoms with Gasteiger partial charge in [-0.15, -0.1) is 0 Å². The first-order valence-electron chi connectivity index (χ1n) is 5.02. The van der Waals surface area contributed by atoms with E-state index < -0.39 is 10.0 Å². The zero-order chi connectivity index (χ0) is 11.2. The van der Waals surface area contributed by atoms with Crippen molar-refractivity contribution in [2.24, 2.45) is 5.92 Å². The van der Waals surface area contributed by atoms with Gasteiger partial charge in [0.05, 0.1) is 5.75 Å². The minimum atomic E-state index is -3.07. The minimum absolute atomic E-state index is 0.170. The summed E-state index contributed by atoms with van der Waals surface area (Å²) < 4.78 is 25.4. The summed E-state index contributed by atoms with van der Waals surface area (Å²) in [4.78, 5) is 0. The van der Waals surface area contributed by atoms with Gasteiger partial charge in [-0.2, -0.15) is 0 Å². The molecule has 0 radical (unpaired) electrons. The summed E-state index contributed by atoms with van der Waals surface area (Å²) in [5.41, 5.74) is 0. The maximum atomic E-state index is 11.4. The van der Waals surface area contributed by atoms with E-state index in [9.17, 15) is 8.42 Å². The van der Waals surface area contributed by atoms with E-state index in [-0.39, 0.29) is 11.8 Å². The van der Waals surface area contributed by atoms with E-state index in [2.05, 4.69) is 10.0 Å². The van der Waals surface area contributed by atoms with Crippen molar-refractivity contribution in [3.05, 3.63) is 0 Å². The summed E-state index contributed by atoms with van der Waals surface area (Å²) in [5, 5.41) is 2.98. The van der Waals surface area contributed by atoms with Gasteiger partial charge in [0.2, 0.25) is 10.0 Å². The van der Waals surface area contributed by atoms with Gasteiger partial charge >= 0.3 is 0 Å². The second kappa shape index (κ2) is 6.37. The molecule has 0 rings (SSSR count). The standard InChI is InChI=1S/C9H22N2O2S/c1-8(2)5-6-14(12,13)11-7-9(3)10-4/h8-11H,5-7H2,1-4H3. The topological polar surface area (TPSA) is 58.2 Å². The molecule has 0 aliphatic rings. The molecule has 0 aromatic carbocycles. The highest BCUT2D eigenvalue weighted by molar-refractivity contribution is 7.89. The lowest BCUT2D eigenvalue weighted by atomic mass is 10.2. The van der Waals surface area contributed by atoms with Gasteiger partial charge in [-0.25, -0.2) is 13.1 Å². The van der Waals surface area contributed by atoms with E-state index in [1.165, 1.54) is 0 Å². The van der Waals surface area contributed by atoms with Crippen LogP contribution in [0.3, 0.4) is 0 Å². The molecular formula is C9H22N2O2S. The van der Waals surface area contributed by atoms with Crippen LogP contribution >= 0.6 is 0 Å². The summed E-state index contributed by atoms with van der Waals surface area (Å²) in [7, 11) is -1.26. The summed E-state index contributed by atoms with van der Waals surface area (Å²) in [5.74, 6) is 0.648. The van der Waals surface area contributed by atoms with Crippen LogP contribution in [0.25, 0.3) is 0 Å². The highest BCUT2D eigenvalue weighted by Gasteiger charge is 2.11. The molecule has 0 bridgehead atoms. The first-order valence-corrected chi connectivity index (χ1v) is 6.67. The fourth-order valence-electron chi connectivity index (χ4n) is 0.817. The Morgan fingerprint density at radius 1 is 1.21 bits per heavy atom. The Kier molecular flexibility index (Phi) is 6.31. The van der Waals surface area contributed by atoms with Crippen LogP contribution in [-0.2, 0) is 10.0 Å². The summed E-state index contributed by atoms with van der Waals surface area (Å²) >= 11 is 0. The first-order chi connectivity index (χ1) is 6.37. The van der Waals surface area contributed by atoms with Crippen LogP contribution in [-0.4, -0.2) is 33.8 Å². The van der Waals surface area contributed by atoms with Crippen molar-refractivity contribution >= 4 is 10.0 Å². The molecule has 0 saturated carbocycles. The second-order valence-corrected chi connectivity index (χ2v) is 5.97. The summed E-state index contributed by atoms with van der Waals surface area (Å²) in [6.07, 6.45) is 0.712. The monoisotopic (exact) mass is 222 g/mol. The van der Waals surface area contributed by atoms with Crippen LogP contribution in [0.1, 0.15) is 27.2 Å². The summed E-state index contributed by atoms with van der Waals surface area (Å²) in [6.45, 7) is 6.43. The molecule has 0 aromatic heterocycles. The zero-order valence-corrected chi connectivity index (χ0v) is 10.3. The number of nitrogens with one attached hydrogen (secondary N) is 2. The molecule has 1 unspecified atom stereocenters. The van der Waals surface area contributed by atoms with Gasteiger partial charge in [0.25, 0.3) is 0 Å². The molecule has 0 aliphatic carbocycles. The van der Waals surface area contributed by atoms with Gasteiger partial charge < -0.3 is 5.32 Å². The van der Waals surface area contributed by atoms with E-state index in [0.29, 0.717) is 18.9 Å². The number of hydrogen-bond acceptors (Lipinski definition) is 3. The number of sulfonamides is 1. The van der Waals surface area contributed by atoms with Crippen molar-refractivity contribution in [2.75, 3.05) is 19.3 Å². The lowest BCUT2D eigenvalue weighted by Gasteiger charge is -2.12. The highest BCUT2D eigenvalue weighted by Crippen LogP contribution is 2.01. The predicted molar refractivity (Wildman–Crippen MR) is 59.8 cm³/mol. The van der Waals surface area contributed by atoms with Crippen molar-refractivity contribution in [3.8, 4) is 0 Å². The van der Waals surface area contributed by atoms with E-state index in [1.54, 1.807) is 0 Å². The Bertz CT molecular complexity index is 237. The van der Waals surface area contributed by atoms with Gasteiger partial charge in [0, 0.05) is 12.6 Å². The predicted octanol–water partition coefficient (Wildman–Crippen LogP) is 0.560. The SMILES string of the molecule is CNC(C)CNS(=O)(=O)CCC(C)C. The van der Waals surface area contributed by atoms with Crippen LogP contribution in [0.5, 0.6) is 0 Å². The molecular weight excluding hydrogens is 200 g/mol. The fourth-order valence-corrected chi connectivity index (χ4v) is 2.25. The van der Waals surface area contributed by atoms with Gasteiger partial charge in [0.1, 0.15) is 0 Å². The number of hydrogen-bond donors (Lipinski definition) is 2. The van der Waals surface area contributed by atoms with Crippen LogP contribution in [0.2, 0.25) is 0 Å². The lowest BCUT2D eigenvalue weighted by Crippen LogP contribution is -2.38. The molecule has 0 fully saturated rings. The third-order valence-corrected chi connectivity index (χ3v) is 3.45. The van der Waals surface area contributed by atoms with Crippen molar-refractivity contribution in [2.45, 2.75) is 33.2 Å². The molecule has 4 nitrogen and oxygen atoms in total. The van der Waals surface area contributed by atoms with E-state index in [4.69, 9.17) is 0 Å². The van der Waals surface area contributed by atoms with E-state index in [1.807, 2.05) is 27.8 Å². The third kappa shape index (κ3) is 7.29. The largest absolute Gasteiger partial charge is 0.316 e. The molecule has 14 heavy (non-hydrogen) atoms. The van der Waals surface area contributed by atoms with Crippen molar-refractivity contribution < 1.29 is 8.42 Å². The fraction of sp³-hybridized carbons (Fsp3) is 1.00. The van der Waals surface area contributed by atoms with Gasteiger partial charge in [-0.1, -0.05) is 13.8 Å². The van der Waals surface area contributed by atoms with E-state index >= 15 is 0 Å². The van der Waals surface area contributed by atoms with Crippen LogP contribution < -0.4 is 10.0 Å². The first kappa shape index (κ1) is 13.9. The Morgan fingerprint density at radius 3 is 2.21 bits per heavy atom. The maximum absolute atomic E-state index is 11.4. The minimum Gasteiger partial charge on any atom is -0.316 e. The van der Waals surface area contributed by atoms with Crippen LogP contribution in [0.4, 0.5) is 0 Å². The zero-order valence-electron chi connectivity index (χ0n) is 9.50. The van der Waals surface area contributed by atoms with Crippen LogP contribution in [0, 0.1) is 5.92 Å². The second-order valence-electron chi connectivity index (χ2n) is 4.04. The average Bonchev–Trinajstić information content (AvgIpc) is 2.11.